The first-order chi connectivity index (χ1) is 29.9. The molecule has 0 amide bonds. The van der Waals surface area contributed by atoms with E-state index < -0.39 is 128 Å². The Hall–Kier alpha value is -1.95. The number of aliphatic hydroxyl groups excluding tert-OH is 7. The molecular weight excluding hydrogens is 832 g/mol. The molecular formula is C44H68O19. The molecule has 19 heteroatoms. The van der Waals surface area contributed by atoms with Gasteiger partial charge in [-0.25, -0.2) is 0 Å². The predicted molar refractivity (Wildman–Crippen MR) is 212 cm³/mol. The van der Waals surface area contributed by atoms with Gasteiger partial charge in [0.1, 0.15) is 66.8 Å². The number of cyclic esters (lactones) is 1. The fourth-order valence-corrected chi connectivity index (χ4v) is 13.6. The maximum atomic E-state index is 14.8. The summed E-state index contributed by atoms with van der Waals surface area (Å²) in [6.45, 7) is 6.71. The van der Waals surface area contributed by atoms with Crippen molar-refractivity contribution in [3.05, 3.63) is 0 Å². The molecule has 4 heterocycles. The lowest BCUT2D eigenvalue weighted by molar-refractivity contribution is -0.356. The van der Waals surface area contributed by atoms with Crippen molar-refractivity contribution in [2.75, 3.05) is 26.9 Å². The Bertz CT molecular complexity index is 1670. The lowest BCUT2D eigenvalue weighted by Crippen LogP contribution is -2.67. The Morgan fingerprint density at radius 1 is 0.762 bits per heavy atom. The summed E-state index contributed by atoms with van der Waals surface area (Å²) in [4.78, 5) is 39.7. The number of fused-ring (bicyclic) bond motifs is 3. The summed E-state index contributed by atoms with van der Waals surface area (Å²) in [6, 6.07) is 0. The van der Waals surface area contributed by atoms with Crippen LogP contribution in [0.25, 0.3) is 0 Å². The highest BCUT2D eigenvalue weighted by Gasteiger charge is 2.70. The Morgan fingerprint density at radius 3 is 2.08 bits per heavy atom. The van der Waals surface area contributed by atoms with Gasteiger partial charge in [-0.05, 0) is 75.5 Å². The summed E-state index contributed by atoms with van der Waals surface area (Å²) in [5.74, 6) is -0.0234. The standard InChI is InChI=1S/C44H68O19/c1-19-37(63-40-36(53)34(51)32(49)27(62-40)18-57-39-35(52)33(50)31(48)26(16-45)61-39)25(55-5)15-30(58-19)60-24-8-10-42(3)23(38(24)59-20(2)46)7-13-44-12-6-22(21-14-29(47)56-17-21)43(4,41(44)54)11-9-28(42)44/h19,21-28,30-40,45,48-53H,6-18H2,1-5H3/t19-,21-,22-,23+,24+,25-,26-,27-,28-,30-,31-,32-,33+,34+,35-,36-,37-,38-,39-,40+,42+,43-,44+/m1/s1. The van der Waals surface area contributed by atoms with Crippen LogP contribution in [0.1, 0.15) is 91.9 Å². The van der Waals surface area contributed by atoms with Gasteiger partial charge in [0.2, 0.25) is 0 Å². The van der Waals surface area contributed by atoms with E-state index in [1.165, 1.54) is 14.0 Å². The van der Waals surface area contributed by atoms with E-state index in [0.717, 1.165) is 32.1 Å². The second-order valence-electron chi connectivity index (χ2n) is 20.2. The molecule has 0 aromatic carbocycles. The lowest BCUT2D eigenvalue weighted by atomic mass is 9.36. The molecule has 358 valence electrons. The molecule has 4 saturated heterocycles. The van der Waals surface area contributed by atoms with Gasteiger partial charge in [0, 0.05) is 43.1 Å². The van der Waals surface area contributed by atoms with Gasteiger partial charge in [0.25, 0.3) is 0 Å². The number of ketones is 1. The third-order valence-electron chi connectivity index (χ3n) is 16.8. The highest BCUT2D eigenvalue weighted by atomic mass is 16.8. The first kappa shape index (κ1) is 47.5. The molecule has 0 aromatic heterocycles. The zero-order valence-corrected chi connectivity index (χ0v) is 36.8. The van der Waals surface area contributed by atoms with Crippen LogP contribution in [0, 0.1) is 39.9 Å². The molecule has 0 radical (unpaired) electrons. The first-order valence-corrected chi connectivity index (χ1v) is 22.9. The van der Waals surface area contributed by atoms with E-state index in [2.05, 4.69) is 13.8 Å². The van der Waals surface area contributed by atoms with Gasteiger partial charge < -0.3 is 78.4 Å². The number of aliphatic hydroxyl groups is 7. The highest BCUT2D eigenvalue weighted by molar-refractivity contribution is 5.92. The van der Waals surface area contributed by atoms with Gasteiger partial charge in [-0.15, -0.1) is 0 Å². The minimum absolute atomic E-state index is 0.0637. The molecule has 8 aliphatic rings. The quantitative estimate of drug-likeness (QED) is 0.103. The predicted octanol–water partition coefficient (Wildman–Crippen LogP) is -0.382. The molecule has 0 aromatic rings. The number of Topliss-reactive ketones (excluding diaryl/α,β-unsaturated/α-hetero) is 1. The molecule has 8 rings (SSSR count). The van der Waals surface area contributed by atoms with E-state index in [-0.39, 0.29) is 41.5 Å². The summed E-state index contributed by atoms with van der Waals surface area (Å²) in [6.07, 6.45) is -13.4. The van der Waals surface area contributed by atoms with Gasteiger partial charge in [-0.2, -0.15) is 0 Å². The van der Waals surface area contributed by atoms with Crippen molar-refractivity contribution in [2.45, 2.75) is 190 Å². The molecule has 63 heavy (non-hydrogen) atoms. The number of hydrogen-bond acceptors (Lipinski definition) is 19. The van der Waals surface area contributed by atoms with E-state index in [1.807, 2.05) is 0 Å². The van der Waals surface area contributed by atoms with Crippen molar-refractivity contribution in [1.82, 2.24) is 0 Å². The van der Waals surface area contributed by atoms with Gasteiger partial charge in [-0.3, -0.25) is 14.4 Å². The zero-order valence-electron chi connectivity index (χ0n) is 36.8. The maximum absolute atomic E-state index is 14.8. The normalized spacial score (nSPS) is 52.4. The molecule has 1 spiro atoms. The first-order valence-electron chi connectivity index (χ1n) is 22.9. The molecule has 23 atom stereocenters. The van der Waals surface area contributed by atoms with E-state index in [9.17, 15) is 50.1 Å². The molecule has 4 saturated carbocycles. The third kappa shape index (κ3) is 8.31. The fraction of sp³-hybridized carbons (Fsp3) is 0.932. The van der Waals surface area contributed by atoms with Crippen LogP contribution in [0.15, 0.2) is 0 Å². The summed E-state index contributed by atoms with van der Waals surface area (Å²) in [5, 5.41) is 72.7. The molecule has 0 unspecified atom stereocenters. The monoisotopic (exact) mass is 900 g/mol. The van der Waals surface area contributed by atoms with Gasteiger partial charge in [0.15, 0.2) is 18.9 Å². The fourth-order valence-electron chi connectivity index (χ4n) is 13.6. The topological polar surface area (TPSA) is 276 Å². The molecule has 2 bridgehead atoms. The van der Waals surface area contributed by atoms with Gasteiger partial charge in [-0.1, -0.05) is 13.8 Å². The number of carbonyl (C=O) groups is 3. The maximum Gasteiger partial charge on any atom is 0.306 e. The smallest absolute Gasteiger partial charge is 0.306 e. The summed E-state index contributed by atoms with van der Waals surface area (Å²) in [5.41, 5.74) is -1.26. The van der Waals surface area contributed by atoms with E-state index in [0.29, 0.717) is 38.1 Å². The highest BCUT2D eigenvalue weighted by Crippen LogP contribution is 2.70. The number of ether oxygens (including phenoxy) is 9. The van der Waals surface area contributed by atoms with E-state index in [1.54, 1.807) is 6.92 Å². The van der Waals surface area contributed by atoms with Crippen LogP contribution in [-0.2, 0) is 57.0 Å². The average molecular weight is 901 g/mol. The van der Waals surface area contributed by atoms with Crippen molar-refractivity contribution >= 4 is 17.7 Å². The van der Waals surface area contributed by atoms with E-state index >= 15 is 0 Å². The van der Waals surface area contributed by atoms with Crippen LogP contribution in [0.3, 0.4) is 0 Å². The third-order valence-corrected chi connectivity index (χ3v) is 16.8. The van der Waals surface area contributed by atoms with Crippen molar-refractivity contribution < 1.29 is 92.8 Å². The molecule has 7 N–H and O–H groups in total. The average Bonchev–Trinajstić information content (AvgIpc) is 3.67. The SMILES string of the molecule is CO[C@@H]1C[C@@H](O[C@H]2CC[C@@]3(C)[C@@H](CC[C@@]45CC[C@H]([C@H]6COC(=O)C6)[C@@](C)(CC[C@@H]43)C5=O)[C@H]2OC(C)=O)O[C@H](C)[C@H]1O[C@@H]1O[C@H](CO[C@@H]2O[C@H](CO)[C@@H](O)[C@H](O)[C@H]2O)[C@@H](O)[C@H](O)[C@H]1O. The number of methoxy groups -OCH3 is 1. The van der Waals surface area contributed by atoms with Crippen LogP contribution in [0.4, 0.5) is 0 Å². The van der Waals surface area contributed by atoms with Crippen molar-refractivity contribution in [3.8, 4) is 0 Å². The van der Waals surface area contributed by atoms with Crippen LogP contribution in [-0.4, -0.2) is 179 Å². The van der Waals surface area contributed by atoms with Crippen LogP contribution in [0.5, 0.6) is 0 Å². The summed E-state index contributed by atoms with van der Waals surface area (Å²) < 4.78 is 53.5. The second-order valence-corrected chi connectivity index (χ2v) is 20.2. The van der Waals surface area contributed by atoms with Gasteiger partial charge >= 0.3 is 11.9 Å². The van der Waals surface area contributed by atoms with Crippen LogP contribution >= 0.6 is 0 Å². The molecule has 19 nitrogen and oxygen atoms in total. The Labute approximate surface area is 366 Å². The number of carbonyl (C=O) groups excluding carboxylic acids is 3. The molecule has 8 fully saturated rings. The zero-order chi connectivity index (χ0) is 45.3. The number of rotatable bonds is 11. The molecule has 4 aliphatic heterocycles. The van der Waals surface area contributed by atoms with Gasteiger partial charge in [0.05, 0.1) is 44.6 Å². The minimum Gasteiger partial charge on any atom is -0.465 e. The second kappa shape index (κ2) is 18.3. The van der Waals surface area contributed by atoms with Crippen molar-refractivity contribution in [1.29, 1.82) is 0 Å². The van der Waals surface area contributed by atoms with E-state index in [4.69, 9.17) is 42.6 Å². The Morgan fingerprint density at radius 2 is 1.43 bits per heavy atom. The van der Waals surface area contributed by atoms with Crippen molar-refractivity contribution in [2.24, 2.45) is 39.9 Å². The van der Waals surface area contributed by atoms with Crippen LogP contribution in [0.2, 0.25) is 0 Å². The minimum atomic E-state index is -1.75. The Balaban J connectivity index is 0.913. The largest absolute Gasteiger partial charge is 0.465 e. The summed E-state index contributed by atoms with van der Waals surface area (Å²) in [7, 11) is 1.49. The van der Waals surface area contributed by atoms with Crippen LogP contribution < -0.4 is 0 Å². The number of esters is 2. The van der Waals surface area contributed by atoms with Crippen molar-refractivity contribution in [3.63, 3.8) is 0 Å². The molecule has 4 aliphatic carbocycles. The Kier molecular flexibility index (Phi) is 13.8. The number of hydrogen-bond donors (Lipinski definition) is 7. The lowest BCUT2D eigenvalue weighted by Gasteiger charge is -2.67. The summed E-state index contributed by atoms with van der Waals surface area (Å²) >= 11 is 0.